The minimum atomic E-state index is -0.982. The second-order valence-electron chi connectivity index (χ2n) is 5.93. The fraction of sp³-hybridized carbons (Fsp3) is 0. The summed E-state index contributed by atoms with van der Waals surface area (Å²) in [5.41, 5.74) is -1.71. The number of imidazole rings is 1. The molecule has 1 aromatic heterocycles. The molecule has 12 heteroatoms. The maximum absolute atomic E-state index is 11.4. The lowest BCUT2D eigenvalue weighted by atomic mass is 10.1. The van der Waals surface area contributed by atoms with Gasteiger partial charge < -0.3 is 4.84 Å². The third-order valence-corrected chi connectivity index (χ3v) is 4.21. The lowest BCUT2D eigenvalue weighted by molar-refractivity contribution is -0.404. The number of benzene rings is 3. The summed E-state index contributed by atoms with van der Waals surface area (Å²) in [5.74, 6) is -0.738. The summed E-state index contributed by atoms with van der Waals surface area (Å²) in [5, 5.41) is 35.5. The van der Waals surface area contributed by atoms with Gasteiger partial charge in [-0.05, 0) is 22.9 Å². The normalized spacial score (nSPS) is 10.9. The van der Waals surface area contributed by atoms with E-state index in [4.69, 9.17) is 4.84 Å². The maximum Gasteiger partial charge on any atom is 0.328 e. The largest absolute Gasteiger partial charge is 0.359 e. The van der Waals surface area contributed by atoms with Crippen molar-refractivity contribution >= 4 is 38.9 Å². The van der Waals surface area contributed by atoms with Crippen LogP contribution in [-0.4, -0.2) is 24.5 Å². The van der Waals surface area contributed by atoms with E-state index in [1.54, 1.807) is 12.1 Å². The molecule has 0 spiro atoms. The van der Waals surface area contributed by atoms with Crippen LogP contribution in [0.2, 0.25) is 0 Å². The third kappa shape index (κ3) is 3.03. The second-order valence-corrected chi connectivity index (χ2v) is 5.93. The van der Waals surface area contributed by atoms with Gasteiger partial charge in [-0.3, -0.25) is 30.3 Å². The summed E-state index contributed by atoms with van der Waals surface area (Å²) in [6, 6.07) is 12.1. The van der Waals surface area contributed by atoms with Crippen molar-refractivity contribution in [3.8, 4) is 5.75 Å². The van der Waals surface area contributed by atoms with Gasteiger partial charge in [0, 0.05) is 0 Å². The minimum Gasteiger partial charge on any atom is -0.359 e. The summed E-state index contributed by atoms with van der Waals surface area (Å²) in [7, 11) is 0. The first-order valence-electron chi connectivity index (χ1n) is 8.00. The molecule has 0 bridgehead atoms. The summed E-state index contributed by atoms with van der Waals surface area (Å²) in [6.45, 7) is 0. The molecule has 0 amide bonds. The molecule has 0 radical (unpaired) electrons. The van der Waals surface area contributed by atoms with Crippen LogP contribution in [0.4, 0.5) is 17.1 Å². The quantitative estimate of drug-likeness (QED) is 0.365. The first kappa shape index (κ1) is 17.8. The van der Waals surface area contributed by atoms with Gasteiger partial charge in [-0.15, -0.1) is 0 Å². The Morgan fingerprint density at radius 3 is 1.97 bits per heavy atom. The summed E-state index contributed by atoms with van der Waals surface area (Å²) < 4.78 is 1.04. The van der Waals surface area contributed by atoms with E-state index in [9.17, 15) is 30.3 Å². The van der Waals surface area contributed by atoms with Gasteiger partial charge in [0.15, 0.2) is 0 Å². The molecule has 29 heavy (non-hydrogen) atoms. The van der Waals surface area contributed by atoms with Gasteiger partial charge >= 0.3 is 17.1 Å². The van der Waals surface area contributed by atoms with Gasteiger partial charge in [-0.25, -0.2) is 4.98 Å². The van der Waals surface area contributed by atoms with E-state index in [2.05, 4.69) is 4.98 Å². The van der Waals surface area contributed by atoms with Gasteiger partial charge in [-0.2, -0.15) is 4.73 Å². The average molecular weight is 395 g/mol. The van der Waals surface area contributed by atoms with E-state index in [0.29, 0.717) is 23.2 Å². The van der Waals surface area contributed by atoms with Crippen molar-refractivity contribution < 1.29 is 19.6 Å². The van der Waals surface area contributed by atoms with Crippen molar-refractivity contribution in [2.45, 2.75) is 0 Å². The smallest absolute Gasteiger partial charge is 0.328 e. The van der Waals surface area contributed by atoms with Crippen molar-refractivity contribution in [2.24, 2.45) is 0 Å². The average Bonchev–Trinajstić information content (AvgIpc) is 3.07. The van der Waals surface area contributed by atoms with Crippen LogP contribution in [0.1, 0.15) is 0 Å². The van der Waals surface area contributed by atoms with Crippen molar-refractivity contribution in [3.63, 3.8) is 0 Å². The monoisotopic (exact) mass is 395 g/mol. The van der Waals surface area contributed by atoms with Crippen LogP contribution in [0, 0.1) is 30.3 Å². The molecular formula is C17H9N5O7. The Hall–Kier alpha value is -4.61. The van der Waals surface area contributed by atoms with Gasteiger partial charge in [0.1, 0.15) is 11.8 Å². The Kier molecular flexibility index (Phi) is 4.00. The number of nitro groups is 3. The first-order chi connectivity index (χ1) is 13.8. The van der Waals surface area contributed by atoms with Crippen LogP contribution in [0.3, 0.4) is 0 Å². The SMILES string of the molecule is O=[N+]([O-])c1cc([N+](=O)[O-])c(On2cnc3cc4ccccc4cc32)c([N+](=O)[O-])c1. The lowest BCUT2D eigenvalue weighted by Crippen LogP contribution is -2.08. The molecule has 4 aromatic rings. The van der Waals surface area contributed by atoms with E-state index >= 15 is 0 Å². The van der Waals surface area contributed by atoms with Crippen molar-refractivity contribution in [1.29, 1.82) is 0 Å². The highest BCUT2D eigenvalue weighted by Crippen LogP contribution is 2.41. The van der Waals surface area contributed by atoms with E-state index in [1.165, 1.54) is 6.33 Å². The van der Waals surface area contributed by atoms with Crippen LogP contribution < -0.4 is 4.84 Å². The molecule has 0 aliphatic rings. The topological polar surface area (TPSA) is 156 Å². The van der Waals surface area contributed by atoms with E-state index in [-0.39, 0.29) is 0 Å². The molecule has 144 valence electrons. The molecule has 0 atom stereocenters. The number of nitro benzene ring substituents is 3. The lowest BCUT2D eigenvalue weighted by Gasteiger charge is -2.08. The Morgan fingerprint density at radius 1 is 0.828 bits per heavy atom. The Bertz CT molecular complexity index is 1300. The molecule has 0 saturated carbocycles. The molecule has 0 unspecified atom stereocenters. The van der Waals surface area contributed by atoms with Crippen molar-refractivity contribution in [3.05, 3.63) is 85.2 Å². The van der Waals surface area contributed by atoms with E-state index in [1.807, 2.05) is 24.3 Å². The zero-order valence-corrected chi connectivity index (χ0v) is 14.3. The molecule has 0 N–H and O–H groups in total. The van der Waals surface area contributed by atoms with Crippen LogP contribution in [0.5, 0.6) is 5.75 Å². The number of nitrogens with zero attached hydrogens (tertiary/aromatic N) is 5. The first-order valence-corrected chi connectivity index (χ1v) is 8.00. The second kappa shape index (κ2) is 6.53. The van der Waals surface area contributed by atoms with Gasteiger partial charge in [0.05, 0.1) is 32.4 Å². The van der Waals surface area contributed by atoms with E-state index in [0.717, 1.165) is 15.5 Å². The summed E-state index contributed by atoms with van der Waals surface area (Å²) in [4.78, 5) is 40.4. The highest BCUT2D eigenvalue weighted by molar-refractivity contribution is 5.95. The number of hydrogen-bond donors (Lipinski definition) is 0. The van der Waals surface area contributed by atoms with E-state index < -0.39 is 37.6 Å². The maximum atomic E-state index is 11.4. The zero-order valence-electron chi connectivity index (χ0n) is 14.3. The van der Waals surface area contributed by atoms with Crippen LogP contribution >= 0.6 is 0 Å². The number of rotatable bonds is 5. The Balaban J connectivity index is 1.91. The number of non-ortho nitro benzene ring substituents is 1. The van der Waals surface area contributed by atoms with Gasteiger partial charge in [0.2, 0.25) is 0 Å². The standard InChI is InChI=1S/C17H9N5O7/c23-20(24)12-7-15(21(25)26)17(16(8-12)22(27)28)29-19-9-18-13-5-10-3-1-2-4-11(10)6-14(13)19/h1-9H. The van der Waals surface area contributed by atoms with Crippen molar-refractivity contribution in [2.75, 3.05) is 0 Å². The minimum absolute atomic E-state index is 0.408. The molecule has 0 aliphatic heterocycles. The number of fused-ring (bicyclic) bond motifs is 2. The third-order valence-electron chi connectivity index (χ3n) is 4.21. The molecular weight excluding hydrogens is 386 g/mol. The Labute approximate surface area is 160 Å². The van der Waals surface area contributed by atoms with Crippen LogP contribution in [0.25, 0.3) is 21.8 Å². The molecule has 1 heterocycles. The number of aromatic nitrogens is 2. The predicted octanol–water partition coefficient (Wildman–Crippen LogP) is 3.76. The van der Waals surface area contributed by atoms with Crippen molar-refractivity contribution in [1.82, 2.24) is 9.71 Å². The fourth-order valence-electron chi connectivity index (χ4n) is 2.90. The summed E-state index contributed by atoms with van der Waals surface area (Å²) >= 11 is 0. The van der Waals surface area contributed by atoms with Gasteiger partial charge in [0.25, 0.3) is 5.69 Å². The molecule has 0 aliphatic carbocycles. The van der Waals surface area contributed by atoms with Crippen LogP contribution in [0.15, 0.2) is 54.9 Å². The number of hydrogen-bond acceptors (Lipinski definition) is 8. The highest BCUT2D eigenvalue weighted by atomic mass is 16.7. The molecule has 3 aromatic carbocycles. The fourth-order valence-corrected chi connectivity index (χ4v) is 2.90. The predicted molar refractivity (Wildman–Crippen MR) is 99.7 cm³/mol. The molecule has 4 rings (SSSR count). The van der Waals surface area contributed by atoms with Crippen LogP contribution in [-0.2, 0) is 0 Å². The Morgan fingerprint density at radius 2 is 1.41 bits per heavy atom. The molecule has 0 saturated heterocycles. The summed E-state index contributed by atoms with van der Waals surface area (Å²) in [6.07, 6.45) is 1.21. The zero-order chi connectivity index (χ0) is 20.7. The molecule has 0 fully saturated rings. The molecule has 12 nitrogen and oxygen atoms in total. The van der Waals surface area contributed by atoms with Gasteiger partial charge in [-0.1, -0.05) is 24.3 Å². The highest BCUT2D eigenvalue weighted by Gasteiger charge is 2.33.